The van der Waals surface area contributed by atoms with Gasteiger partial charge < -0.3 is 10.0 Å². The summed E-state index contributed by atoms with van der Waals surface area (Å²) in [6.07, 6.45) is 6.94. The first-order valence-electron chi connectivity index (χ1n) is 6.43. The van der Waals surface area contributed by atoms with Crippen LogP contribution in [0.1, 0.15) is 52.4 Å². The fourth-order valence-corrected chi connectivity index (χ4v) is 2.43. The normalized spacial score (nSPS) is 21.2. The van der Waals surface area contributed by atoms with Crippen LogP contribution in [0.2, 0.25) is 0 Å². The molecule has 0 atom stereocenters. The monoisotopic (exact) mass is 213 g/mol. The zero-order valence-corrected chi connectivity index (χ0v) is 10.6. The van der Waals surface area contributed by atoms with Gasteiger partial charge in [0.25, 0.3) is 0 Å². The van der Waals surface area contributed by atoms with E-state index in [4.69, 9.17) is 0 Å². The Morgan fingerprint density at radius 3 is 2.33 bits per heavy atom. The summed E-state index contributed by atoms with van der Waals surface area (Å²) >= 11 is 0. The van der Waals surface area contributed by atoms with Crippen molar-refractivity contribution in [2.75, 3.05) is 20.1 Å². The lowest BCUT2D eigenvalue weighted by atomic mass is 9.84. The third kappa shape index (κ3) is 4.98. The summed E-state index contributed by atoms with van der Waals surface area (Å²) in [5, 5.41) is 10.4. The first-order chi connectivity index (χ1) is 7.02. The molecule has 15 heavy (non-hydrogen) atoms. The minimum Gasteiger partial charge on any atom is -0.389 e. The second-order valence-corrected chi connectivity index (χ2v) is 5.71. The predicted molar refractivity (Wildman–Crippen MR) is 65.0 cm³/mol. The summed E-state index contributed by atoms with van der Waals surface area (Å²) in [5.74, 6) is 0.758. The van der Waals surface area contributed by atoms with Gasteiger partial charge in [0, 0.05) is 6.54 Å². The van der Waals surface area contributed by atoms with Crippen molar-refractivity contribution in [2.24, 2.45) is 5.92 Å². The summed E-state index contributed by atoms with van der Waals surface area (Å²) in [4.78, 5) is 2.30. The maximum Gasteiger partial charge on any atom is 0.0774 e. The van der Waals surface area contributed by atoms with Crippen LogP contribution in [0.5, 0.6) is 0 Å². The molecule has 1 N–H and O–H groups in total. The van der Waals surface area contributed by atoms with Crippen LogP contribution in [0.15, 0.2) is 0 Å². The van der Waals surface area contributed by atoms with Crippen molar-refractivity contribution in [3.8, 4) is 0 Å². The SMILES string of the molecule is CC(C)CCN(C)CC1(O)CCCCC1. The summed E-state index contributed by atoms with van der Waals surface area (Å²) in [7, 11) is 2.13. The average molecular weight is 213 g/mol. The van der Waals surface area contributed by atoms with E-state index in [0.717, 1.165) is 31.8 Å². The molecule has 0 aromatic heterocycles. The Hall–Kier alpha value is -0.0800. The Morgan fingerprint density at radius 2 is 1.80 bits per heavy atom. The maximum absolute atomic E-state index is 10.4. The fraction of sp³-hybridized carbons (Fsp3) is 1.00. The molecule has 0 heterocycles. The molecule has 1 rings (SSSR count). The molecule has 0 bridgehead atoms. The number of rotatable bonds is 5. The first-order valence-corrected chi connectivity index (χ1v) is 6.43. The maximum atomic E-state index is 10.4. The number of likely N-dealkylation sites (N-methyl/N-ethyl adjacent to an activating group) is 1. The van der Waals surface area contributed by atoms with Crippen molar-refractivity contribution in [3.05, 3.63) is 0 Å². The largest absolute Gasteiger partial charge is 0.389 e. The van der Waals surface area contributed by atoms with Gasteiger partial charge in [-0.15, -0.1) is 0 Å². The molecule has 90 valence electrons. The average Bonchev–Trinajstić information content (AvgIpc) is 2.15. The zero-order chi connectivity index (χ0) is 11.3. The molecule has 2 nitrogen and oxygen atoms in total. The zero-order valence-electron chi connectivity index (χ0n) is 10.6. The highest BCUT2D eigenvalue weighted by atomic mass is 16.3. The lowest BCUT2D eigenvalue weighted by Gasteiger charge is -2.35. The first kappa shape index (κ1) is 13.0. The topological polar surface area (TPSA) is 23.5 Å². The molecule has 1 saturated carbocycles. The van der Waals surface area contributed by atoms with Crippen LogP contribution in [0.25, 0.3) is 0 Å². The molecule has 2 heteroatoms. The van der Waals surface area contributed by atoms with Crippen LogP contribution in [0.4, 0.5) is 0 Å². The van der Waals surface area contributed by atoms with Gasteiger partial charge in [0.2, 0.25) is 0 Å². The number of nitrogens with zero attached hydrogens (tertiary/aromatic N) is 1. The number of aliphatic hydroxyl groups is 1. The molecular formula is C13H27NO. The molecule has 0 saturated heterocycles. The van der Waals surface area contributed by atoms with Gasteiger partial charge in [0.05, 0.1) is 5.60 Å². The Morgan fingerprint density at radius 1 is 1.20 bits per heavy atom. The molecule has 0 radical (unpaired) electrons. The lowest BCUT2D eigenvalue weighted by molar-refractivity contribution is -0.0214. The second kappa shape index (κ2) is 5.86. The van der Waals surface area contributed by atoms with Gasteiger partial charge in [-0.2, -0.15) is 0 Å². The van der Waals surface area contributed by atoms with Crippen molar-refractivity contribution in [1.29, 1.82) is 0 Å². The van der Waals surface area contributed by atoms with Crippen molar-refractivity contribution >= 4 is 0 Å². The Balaban J connectivity index is 2.25. The molecule has 0 amide bonds. The molecular weight excluding hydrogens is 186 g/mol. The minimum atomic E-state index is -0.385. The van der Waals surface area contributed by atoms with Crippen molar-refractivity contribution < 1.29 is 5.11 Å². The fourth-order valence-electron chi connectivity index (χ4n) is 2.43. The van der Waals surface area contributed by atoms with Crippen LogP contribution in [-0.2, 0) is 0 Å². The summed E-state index contributed by atoms with van der Waals surface area (Å²) in [6.45, 7) is 6.48. The van der Waals surface area contributed by atoms with Crippen LogP contribution in [0, 0.1) is 5.92 Å². The van der Waals surface area contributed by atoms with E-state index >= 15 is 0 Å². The van der Waals surface area contributed by atoms with Gasteiger partial charge in [-0.3, -0.25) is 0 Å². The molecule has 0 unspecified atom stereocenters. The standard InChI is InChI=1S/C13H27NO/c1-12(2)7-10-14(3)11-13(15)8-5-4-6-9-13/h12,15H,4-11H2,1-3H3. The van der Waals surface area contributed by atoms with Crippen LogP contribution in [-0.4, -0.2) is 35.7 Å². The van der Waals surface area contributed by atoms with E-state index in [1.54, 1.807) is 0 Å². The molecule has 1 aliphatic rings. The predicted octanol–water partition coefficient (Wildman–Crippen LogP) is 2.66. The van der Waals surface area contributed by atoms with Crippen molar-refractivity contribution in [2.45, 2.75) is 58.0 Å². The highest BCUT2D eigenvalue weighted by Crippen LogP contribution is 2.28. The summed E-state index contributed by atoms with van der Waals surface area (Å²) in [5.41, 5.74) is -0.385. The van der Waals surface area contributed by atoms with Crippen molar-refractivity contribution in [1.82, 2.24) is 4.90 Å². The Kier molecular flexibility index (Phi) is 5.07. The van der Waals surface area contributed by atoms with E-state index in [9.17, 15) is 5.11 Å². The van der Waals surface area contributed by atoms with Gasteiger partial charge in [0.15, 0.2) is 0 Å². The van der Waals surface area contributed by atoms with E-state index < -0.39 is 0 Å². The van der Waals surface area contributed by atoms with Crippen molar-refractivity contribution in [3.63, 3.8) is 0 Å². The van der Waals surface area contributed by atoms with Gasteiger partial charge in [-0.1, -0.05) is 33.1 Å². The van der Waals surface area contributed by atoms with E-state index in [0.29, 0.717) is 0 Å². The molecule has 0 spiro atoms. The number of hydrogen-bond acceptors (Lipinski definition) is 2. The summed E-state index contributed by atoms with van der Waals surface area (Å²) in [6, 6.07) is 0. The van der Waals surface area contributed by atoms with Crippen LogP contribution < -0.4 is 0 Å². The van der Waals surface area contributed by atoms with Crippen LogP contribution >= 0.6 is 0 Å². The Bertz CT molecular complexity index is 173. The van der Waals surface area contributed by atoms with Gasteiger partial charge in [-0.25, -0.2) is 0 Å². The molecule has 1 aliphatic carbocycles. The van der Waals surface area contributed by atoms with Crippen LogP contribution in [0.3, 0.4) is 0 Å². The van der Waals surface area contributed by atoms with Gasteiger partial charge in [-0.05, 0) is 38.8 Å². The second-order valence-electron chi connectivity index (χ2n) is 5.71. The third-order valence-corrected chi connectivity index (χ3v) is 3.44. The molecule has 0 aromatic carbocycles. The van der Waals surface area contributed by atoms with E-state index in [-0.39, 0.29) is 5.60 Å². The smallest absolute Gasteiger partial charge is 0.0774 e. The van der Waals surface area contributed by atoms with E-state index in [1.807, 2.05) is 0 Å². The molecule has 0 aromatic rings. The number of hydrogen-bond donors (Lipinski definition) is 1. The highest BCUT2D eigenvalue weighted by molar-refractivity contribution is 4.84. The third-order valence-electron chi connectivity index (χ3n) is 3.44. The van der Waals surface area contributed by atoms with Gasteiger partial charge in [0.1, 0.15) is 0 Å². The quantitative estimate of drug-likeness (QED) is 0.759. The lowest BCUT2D eigenvalue weighted by Crippen LogP contribution is -2.43. The minimum absolute atomic E-state index is 0.385. The summed E-state index contributed by atoms with van der Waals surface area (Å²) < 4.78 is 0. The van der Waals surface area contributed by atoms with E-state index in [1.165, 1.54) is 25.7 Å². The van der Waals surface area contributed by atoms with E-state index in [2.05, 4.69) is 25.8 Å². The Labute approximate surface area is 94.7 Å². The molecule has 1 fully saturated rings. The molecule has 0 aliphatic heterocycles. The van der Waals surface area contributed by atoms with Gasteiger partial charge >= 0.3 is 0 Å². The highest BCUT2D eigenvalue weighted by Gasteiger charge is 2.30.